The molecule has 1 heterocycles. The van der Waals surface area contributed by atoms with Crippen molar-refractivity contribution in [2.75, 3.05) is 13.2 Å². The largest absolute Gasteiger partial charge is 0.378 e. The molecule has 1 N–H and O–H groups in total. The summed E-state index contributed by atoms with van der Waals surface area (Å²) in [5.41, 5.74) is 1.13. The summed E-state index contributed by atoms with van der Waals surface area (Å²) < 4.78 is 5.81. The molecule has 0 spiro atoms. The van der Waals surface area contributed by atoms with E-state index < -0.39 is 0 Å². The van der Waals surface area contributed by atoms with Crippen molar-refractivity contribution in [3.8, 4) is 0 Å². The van der Waals surface area contributed by atoms with Crippen LogP contribution in [0.4, 0.5) is 0 Å². The van der Waals surface area contributed by atoms with Gasteiger partial charge in [0.2, 0.25) is 0 Å². The Labute approximate surface area is 131 Å². The highest BCUT2D eigenvalue weighted by Gasteiger charge is 2.19. The lowest BCUT2D eigenvalue weighted by Gasteiger charge is -2.26. The molecule has 1 saturated heterocycles. The van der Waals surface area contributed by atoms with Crippen LogP contribution in [-0.2, 0) is 4.74 Å². The van der Waals surface area contributed by atoms with E-state index in [9.17, 15) is 0 Å². The molecule has 2 unspecified atom stereocenters. The van der Waals surface area contributed by atoms with Crippen molar-refractivity contribution in [1.29, 1.82) is 0 Å². The van der Waals surface area contributed by atoms with E-state index in [0.29, 0.717) is 11.1 Å². The van der Waals surface area contributed by atoms with Gasteiger partial charge >= 0.3 is 0 Å². The molecule has 2 nitrogen and oxygen atoms in total. The van der Waals surface area contributed by atoms with Crippen LogP contribution in [0.25, 0.3) is 0 Å². The number of nitrogens with one attached hydrogen (secondary N) is 1. The van der Waals surface area contributed by atoms with Gasteiger partial charge in [-0.15, -0.1) is 0 Å². The molecule has 112 valence electrons. The molecular weight excluding hydrogens is 293 g/mol. The van der Waals surface area contributed by atoms with Crippen LogP contribution in [0.1, 0.15) is 50.6 Å². The number of halogens is 2. The summed E-state index contributed by atoms with van der Waals surface area (Å²) in [6.07, 6.45) is 6.22. The fourth-order valence-electron chi connectivity index (χ4n) is 2.79. The molecule has 1 aromatic rings. The first-order chi connectivity index (χ1) is 9.70. The fourth-order valence-corrected chi connectivity index (χ4v) is 3.33. The van der Waals surface area contributed by atoms with Gasteiger partial charge in [-0.25, -0.2) is 0 Å². The van der Waals surface area contributed by atoms with Crippen molar-refractivity contribution in [3.05, 3.63) is 33.8 Å². The Balaban J connectivity index is 1.98. The van der Waals surface area contributed by atoms with E-state index in [1.807, 2.05) is 18.2 Å². The molecule has 1 aliphatic heterocycles. The topological polar surface area (TPSA) is 21.3 Å². The zero-order valence-electron chi connectivity index (χ0n) is 12.0. The molecule has 20 heavy (non-hydrogen) atoms. The fraction of sp³-hybridized carbons (Fsp3) is 0.625. The quantitative estimate of drug-likeness (QED) is 0.798. The predicted molar refractivity (Wildman–Crippen MR) is 85.7 cm³/mol. The minimum Gasteiger partial charge on any atom is -0.378 e. The number of hydrogen-bond donors (Lipinski definition) is 1. The van der Waals surface area contributed by atoms with Crippen LogP contribution in [0.15, 0.2) is 18.2 Å². The van der Waals surface area contributed by atoms with Gasteiger partial charge in [0.15, 0.2) is 0 Å². The van der Waals surface area contributed by atoms with Crippen LogP contribution in [-0.4, -0.2) is 19.3 Å². The van der Waals surface area contributed by atoms with Gasteiger partial charge in [-0.2, -0.15) is 0 Å². The first kappa shape index (κ1) is 16.1. The predicted octanol–water partition coefficient (Wildman–Crippen LogP) is 4.99. The van der Waals surface area contributed by atoms with Gasteiger partial charge in [-0.05, 0) is 56.3 Å². The van der Waals surface area contributed by atoms with Gasteiger partial charge in [-0.3, -0.25) is 0 Å². The minimum absolute atomic E-state index is 0.273. The summed E-state index contributed by atoms with van der Waals surface area (Å²) in [6, 6.07) is 6.03. The average Bonchev–Trinajstić information content (AvgIpc) is 2.45. The summed E-state index contributed by atoms with van der Waals surface area (Å²) in [7, 11) is 0. The van der Waals surface area contributed by atoms with Gasteiger partial charge < -0.3 is 10.1 Å². The van der Waals surface area contributed by atoms with E-state index in [4.69, 9.17) is 27.9 Å². The molecule has 1 aromatic carbocycles. The Kier molecular flexibility index (Phi) is 6.63. The summed E-state index contributed by atoms with van der Waals surface area (Å²) in [5.74, 6) is 0. The number of ether oxygens (including phenoxy) is 1. The first-order valence-electron chi connectivity index (χ1n) is 7.50. The van der Waals surface area contributed by atoms with Crippen molar-refractivity contribution in [1.82, 2.24) is 5.32 Å². The maximum absolute atomic E-state index is 6.33. The Bertz CT molecular complexity index is 419. The lowest BCUT2D eigenvalue weighted by molar-refractivity contribution is 0.00857. The van der Waals surface area contributed by atoms with Gasteiger partial charge in [0.25, 0.3) is 0 Å². The SMILES string of the molecule is CCNC(CCC1CCCCO1)c1ccc(Cl)cc1Cl. The lowest BCUT2D eigenvalue weighted by Crippen LogP contribution is -2.25. The number of rotatable bonds is 6. The molecule has 1 aliphatic rings. The van der Waals surface area contributed by atoms with Gasteiger partial charge in [0, 0.05) is 22.7 Å². The maximum atomic E-state index is 6.33. The first-order valence-corrected chi connectivity index (χ1v) is 8.26. The Morgan fingerprint density at radius 1 is 1.35 bits per heavy atom. The number of hydrogen-bond acceptors (Lipinski definition) is 2. The van der Waals surface area contributed by atoms with Gasteiger partial charge in [-0.1, -0.05) is 36.2 Å². The van der Waals surface area contributed by atoms with Crippen molar-refractivity contribution >= 4 is 23.2 Å². The summed E-state index contributed by atoms with van der Waals surface area (Å²) >= 11 is 12.3. The lowest BCUT2D eigenvalue weighted by atomic mass is 9.97. The van der Waals surface area contributed by atoms with E-state index in [0.717, 1.165) is 36.6 Å². The second-order valence-corrected chi connectivity index (χ2v) is 6.19. The van der Waals surface area contributed by atoms with E-state index >= 15 is 0 Å². The van der Waals surface area contributed by atoms with Crippen molar-refractivity contribution < 1.29 is 4.74 Å². The highest BCUT2D eigenvalue weighted by atomic mass is 35.5. The van der Waals surface area contributed by atoms with Gasteiger partial charge in [0.1, 0.15) is 0 Å². The van der Waals surface area contributed by atoms with E-state index in [1.54, 1.807) is 0 Å². The zero-order chi connectivity index (χ0) is 14.4. The van der Waals surface area contributed by atoms with Crippen molar-refractivity contribution in [2.45, 2.75) is 51.2 Å². The Morgan fingerprint density at radius 2 is 2.20 bits per heavy atom. The van der Waals surface area contributed by atoms with Crippen LogP contribution in [0.2, 0.25) is 10.0 Å². The smallest absolute Gasteiger partial charge is 0.0575 e. The third kappa shape index (κ3) is 4.63. The monoisotopic (exact) mass is 315 g/mol. The molecule has 0 bridgehead atoms. The summed E-state index contributed by atoms with van der Waals surface area (Å²) in [6.45, 7) is 3.96. The molecule has 0 radical (unpaired) electrons. The normalized spacial score (nSPS) is 20.9. The second-order valence-electron chi connectivity index (χ2n) is 5.34. The van der Waals surface area contributed by atoms with Crippen LogP contribution in [0.3, 0.4) is 0 Å². The highest BCUT2D eigenvalue weighted by molar-refractivity contribution is 6.35. The Morgan fingerprint density at radius 3 is 2.85 bits per heavy atom. The molecule has 0 aliphatic carbocycles. The molecule has 0 saturated carbocycles. The van der Waals surface area contributed by atoms with Crippen LogP contribution >= 0.6 is 23.2 Å². The molecule has 0 amide bonds. The van der Waals surface area contributed by atoms with E-state index in [-0.39, 0.29) is 6.04 Å². The number of benzene rings is 1. The van der Waals surface area contributed by atoms with Crippen LogP contribution < -0.4 is 5.32 Å². The zero-order valence-corrected chi connectivity index (χ0v) is 13.5. The third-order valence-corrected chi connectivity index (χ3v) is 4.40. The van der Waals surface area contributed by atoms with Crippen molar-refractivity contribution in [2.24, 2.45) is 0 Å². The molecule has 0 aromatic heterocycles. The molecular formula is C16H23Cl2NO. The third-order valence-electron chi connectivity index (χ3n) is 3.84. The molecule has 1 fully saturated rings. The highest BCUT2D eigenvalue weighted by Crippen LogP contribution is 2.30. The molecule has 4 heteroatoms. The van der Waals surface area contributed by atoms with Gasteiger partial charge in [0.05, 0.1) is 6.10 Å². The second kappa shape index (κ2) is 8.23. The average molecular weight is 316 g/mol. The van der Waals surface area contributed by atoms with Crippen molar-refractivity contribution in [3.63, 3.8) is 0 Å². The molecule has 2 atom stereocenters. The van der Waals surface area contributed by atoms with E-state index in [1.165, 1.54) is 19.3 Å². The molecule has 2 rings (SSSR count). The maximum Gasteiger partial charge on any atom is 0.0575 e. The van der Waals surface area contributed by atoms with Crippen LogP contribution in [0.5, 0.6) is 0 Å². The summed E-state index contributed by atoms with van der Waals surface area (Å²) in [4.78, 5) is 0. The summed E-state index contributed by atoms with van der Waals surface area (Å²) in [5, 5.41) is 4.94. The Hall–Kier alpha value is -0.280. The van der Waals surface area contributed by atoms with Crippen LogP contribution in [0, 0.1) is 0 Å². The van der Waals surface area contributed by atoms with E-state index in [2.05, 4.69) is 12.2 Å². The standard InChI is InChI=1S/C16H23Cl2NO/c1-2-19-16(9-7-13-5-3-4-10-20-13)14-8-6-12(17)11-15(14)18/h6,8,11,13,16,19H,2-5,7,9-10H2,1H3. The minimum atomic E-state index is 0.273.